The van der Waals surface area contributed by atoms with Gasteiger partial charge in [0, 0.05) is 46.0 Å². The van der Waals surface area contributed by atoms with E-state index in [2.05, 4.69) is 412 Å². The number of fused-ring (bicyclic) bond motifs is 11. The van der Waals surface area contributed by atoms with Gasteiger partial charge in [-0.2, -0.15) is 0 Å². The molecule has 13 aromatic carbocycles. The maximum Gasteiger partial charge on any atom is 0.136 e. The molecule has 0 bridgehead atoms. The molecule has 7 nitrogen and oxygen atoms in total. The largest absolute Gasteiger partial charge is 0.405 e. The Balaban J connectivity index is 0.000000413. The number of para-hydroxylation sites is 1. The summed E-state index contributed by atoms with van der Waals surface area (Å²) >= 11 is 0. The van der Waals surface area contributed by atoms with Crippen LogP contribution in [0.4, 0.5) is 0 Å². The summed E-state index contributed by atoms with van der Waals surface area (Å²) in [5.41, 5.74) is 26.2. The van der Waals surface area contributed by atoms with Crippen molar-refractivity contribution < 1.29 is 0 Å². The SMILES string of the molecule is C1=Cc2ccc(-c3c4ccccc4c(-c4ccc5ccccc5c4)c4cc(-c5ccc(-c6cnc7ccccc7c6)nc5)ccc34)cc2CC1.C=C/C=C/C=C/CC/C=C/C=C/C=C/C=C/CC.C=CC.C=CC.C=CC.C=CC.C=CC.C=CC.C=CC.C=CC.C=CC/C=C/CC(C=C)c1nc(-c2cc3ccccc3c3ccccc23)cc(-c2cc3ccccc3c3ccccc23)n1.C=CN.C=CN.CC=N. The van der Waals surface area contributed by atoms with Crippen molar-refractivity contribution in [1.82, 2.24) is 19.9 Å². The lowest BCUT2D eigenvalue weighted by Crippen LogP contribution is -2.05. The molecule has 0 amide bonds. The van der Waals surface area contributed by atoms with Crippen LogP contribution in [-0.2, 0) is 6.42 Å². The van der Waals surface area contributed by atoms with Gasteiger partial charge in [-0.3, -0.25) is 9.97 Å². The summed E-state index contributed by atoms with van der Waals surface area (Å²) in [6.07, 6.45) is 68.0. The molecule has 1 unspecified atom stereocenters. The van der Waals surface area contributed by atoms with Crippen LogP contribution in [0, 0.1) is 5.41 Å². The fourth-order valence-corrected chi connectivity index (χ4v) is 15.2. The Labute approximate surface area is 862 Å². The highest BCUT2D eigenvalue weighted by Crippen LogP contribution is 2.47. The third-order valence-corrected chi connectivity index (χ3v) is 20.7. The number of nitrogens with zero attached hydrogens (tertiary/aromatic N) is 4. The molecule has 17 rings (SSSR count). The van der Waals surface area contributed by atoms with E-state index in [-0.39, 0.29) is 5.92 Å². The molecule has 144 heavy (non-hydrogen) atoms. The lowest BCUT2D eigenvalue weighted by atomic mass is 9.83. The van der Waals surface area contributed by atoms with Gasteiger partial charge in [0.2, 0.25) is 0 Å². The second-order valence-electron chi connectivity index (χ2n) is 32.0. The van der Waals surface area contributed by atoms with Gasteiger partial charge in [-0.05, 0) is 289 Å². The Morgan fingerprint density at radius 1 is 0.340 bits per heavy atom. The Morgan fingerprint density at radius 3 is 1.24 bits per heavy atom. The van der Waals surface area contributed by atoms with E-state index in [9.17, 15) is 0 Å². The van der Waals surface area contributed by atoms with Crippen molar-refractivity contribution in [1.29, 1.82) is 5.41 Å². The average molecular weight is 1900 g/mol. The number of nitrogens with one attached hydrogen (secondary N) is 1. The van der Waals surface area contributed by atoms with Gasteiger partial charge in [-0.25, -0.2) is 9.97 Å². The van der Waals surface area contributed by atoms with Crippen molar-refractivity contribution in [3.8, 4) is 67.2 Å². The number of rotatable bonds is 21. The molecule has 0 spiro atoms. The van der Waals surface area contributed by atoms with E-state index in [4.69, 9.17) is 20.4 Å². The number of pyridine rings is 2. The number of aryl methyl sites for hydroxylation is 1. The molecule has 7 heteroatoms. The summed E-state index contributed by atoms with van der Waals surface area (Å²) in [7, 11) is 0. The number of nitrogens with two attached hydrogens (primary N) is 2. The Kier molecular flexibility index (Phi) is 60.1. The predicted molar refractivity (Wildman–Crippen MR) is 650 cm³/mol. The third-order valence-electron chi connectivity index (χ3n) is 20.7. The molecule has 3 heterocycles. The van der Waals surface area contributed by atoms with Gasteiger partial charge in [0.15, 0.2) is 0 Å². The molecule has 0 aliphatic heterocycles. The molecular formula is C137H151N7. The molecule has 16 aromatic rings. The summed E-state index contributed by atoms with van der Waals surface area (Å²) in [5.74, 6) is 0.749. The number of allylic oxidation sites excluding steroid dienone is 26. The van der Waals surface area contributed by atoms with E-state index in [0.717, 1.165) is 107 Å². The van der Waals surface area contributed by atoms with Crippen LogP contribution in [0.1, 0.15) is 131 Å². The third kappa shape index (κ3) is 38.4. The maximum absolute atomic E-state index is 6.08. The Morgan fingerprint density at radius 2 is 0.743 bits per heavy atom. The molecule has 1 aliphatic rings. The second-order valence-corrected chi connectivity index (χ2v) is 32.0. The number of unbranched alkanes of at least 4 members (excludes halogenated alkanes) is 1. The van der Waals surface area contributed by atoms with Crippen LogP contribution < -0.4 is 11.5 Å². The molecule has 734 valence electrons. The highest BCUT2D eigenvalue weighted by molar-refractivity contribution is 6.23. The molecule has 1 atom stereocenters. The zero-order valence-corrected chi connectivity index (χ0v) is 87.0. The molecular weight excluding hydrogens is 1740 g/mol. The predicted octanol–water partition coefficient (Wildman–Crippen LogP) is 40.0. The van der Waals surface area contributed by atoms with Crippen LogP contribution in [0.15, 0.2) is 529 Å². The van der Waals surface area contributed by atoms with Crippen molar-refractivity contribution in [3.63, 3.8) is 0 Å². The molecule has 0 saturated heterocycles. The number of aromatic nitrogens is 4. The van der Waals surface area contributed by atoms with E-state index >= 15 is 0 Å². The Bertz CT molecular complexity index is 6800. The Hall–Kier alpha value is -16.9. The van der Waals surface area contributed by atoms with Crippen molar-refractivity contribution in [3.05, 3.63) is 546 Å². The smallest absolute Gasteiger partial charge is 0.136 e. The minimum atomic E-state index is -0.0294. The van der Waals surface area contributed by atoms with E-state index in [1.165, 1.54) is 127 Å². The van der Waals surface area contributed by atoms with E-state index in [1.807, 2.05) is 135 Å². The van der Waals surface area contributed by atoms with Crippen LogP contribution in [0.3, 0.4) is 0 Å². The highest BCUT2D eigenvalue weighted by Gasteiger charge is 2.22. The first-order valence-electron chi connectivity index (χ1n) is 48.9. The van der Waals surface area contributed by atoms with Gasteiger partial charge >= 0.3 is 0 Å². The lowest BCUT2D eigenvalue weighted by molar-refractivity contribution is 0.782. The zero-order valence-electron chi connectivity index (χ0n) is 87.0. The van der Waals surface area contributed by atoms with Gasteiger partial charge in [0.1, 0.15) is 5.82 Å². The van der Waals surface area contributed by atoms with Crippen molar-refractivity contribution in [2.45, 2.75) is 120 Å². The molecule has 0 fully saturated rings. The maximum atomic E-state index is 6.08. The first-order chi connectivity index (χ1) is 70.5. The average Bonchev–Trinajstić information content (AvgIpc) is 0.726. The normalized spacial score (nSPS) is 10.7. The highest BCUT2D eigenvalue weighted by atomic mass is 14.9. The van der Waals surface area contributed by atoms with Crippen LogP contribution in [-0.4, -0.2) is 26.2 Å². The fraction of sp³-hybridized carbons (Fsp3) is 0.131. The number of hydrogen-bond acceptors (Lipinski definition) is 7. The molecule has 0 radical (unpaired) electrons. The molecule has 1 aliphatic carbocycles. The second kappa shape index (κ2) is 72.4. The van der Waals surface area contributed by atoms with Crippen LogP contribution >= 0.6 is 0 Å². The van der Waals surface area contributed by atoms with Crippen LogP contribution in [0.5, 0.6) is 0 Å². The van der Waals surface area contributed by atoms with Gasteiger partial charge in [0.25, 0.3) is 0 Å². The standard InChI is InChI=1S/C48H32N2.C41H32N2.C18H24.8C3H6.3C2H5N/c1-3-11-33-25-37(19-17-31(33)9-1)47-41-14-6-7-15-42(41)48(38-20-18-32-10-2-4-12-34(32)26-38)44-28-35(21-23-43(44)47)39-22-24-46(49-29-39)40-27-36-13-5-8-16-45(36)50-30-40;1-3-5-6-7-16-28(4-2)41-42-39(37-25-29-17-8-10-19-31(29)33-21-12-14-23-35(33)37)27-40(43-41)38-26-30-18-9-11-20-32(30)34-22-13-15-24-36(34)38;1-3-5-7-9-11-13-15-17-18-16-14-12-10-8-6-4-2;8*1-3-2;3*1-2-3/h1-2,4-10,12-30H,3,11H2;3-4,6-15,17-28H,1-2,5,16H2;3,5-12,14,16-18H,1,4,13,15H2,2H3;8*3H,1H2,2H3;2-3H,1H3;2*2H,1,3H2/b;7-6+;7-5+,8-6+,11-9+,12-10+,16-14+,18-17+;;;;;;;;;;;. The van der Waals surface area contributed by atoms with Crippen LogP contribution in [0.2, 0.25) is 0 Å². The number of benzene rings is 13. The van der Waals surface area contributed by atoms with Gasteiger partial charge in [0.05, 0.1) is 22.6 Å². The van der Waals surface area contributed by atoms with Crippen molar-refractivity contribution in [2.75, 3.05) is 0 Å². The van der Waals surface area contributed by atoms with Gasteiger partial charge in [-0.15, -0.1) is 65.8 Å². The summed E-state index contributed by atoms with van der Waals surface area (Å²) in [6.45, 7) is 63.7. The molecule has 0 saturated carbocycles. The molecule has 5 N–H and O–H groups in total. The first-order valence-corrected chi connectivity index (χ1v) is 48.9. The quantitative estimate of drug-likeness (QED) is 0.0164. The minimum absolute atomic E-state index is 0.0294. The molecule has 3 aromatic heterocycles. The van der Waals surface area contributed by atoms with Gasteiger partial charge in [-0.1, -0.05) is 403 Å². The lowest BCUT2D eigenvalue weighted by Gasteiger charge is -2.20. The summed E-state index contributed by atoms with van der Waals surface area (Å²) in [4.78, 5) is 20.1. The van der Waals surface area contributed by atoms with E-state index in [0.29, 0.717) is 0 Å². The first kappa shape index (κ1) is 119. The summed E-state index contributed by atoms with van der Waals surface area (Å²) in [5, 5.41) is 24.4. The minimum Gasteiger partial charge on any atom is -0.405 e. The summed E-state index contributed by atoms with van der Waals surface area (Å²) in [6, 6.07) is 94.3. The van der Waals surface area contributed by atoms with Crippen molar-refractivity contribution >= 4 is 98.6 Å². The zero-order chi connectivity index (χ0) is 105. The van der Waals surface area contributed by atoms with Crippen LogP contribution in [0.25, 0.3) is 160 Å². The van der Waals surface area contributed by atoms with E-state index in [1.54, 1.807) is 61.6 Å². The monoisotopic (exact) mass is 1890 g/mol. The van der Waals surface area contributed by atoms with Gasteiger partial charge < -0.3 is 16.9 Å². The topological polar surface area (TPSA) is 127 Å². The van der Waals surface area contributed by atoms with E-state index < -0.39 is 0 Å². The van der Waals surface area contributed by atoms with Crippen molar-refractivity contribution in [2.24, 2.45) is 11.5 Å². The fourth-order valence-electron chi connectivity index (χ4n) is 15.2. The summed E-state index contributed by atoms with van der Waals surface area (Å²) < 4.78 is 0. The number of hydrogen-bond donors (Lipinski definition) is 3.